The third kappa shape index (κ3) is 2.97. The van der Waals surface area contributed by atoms with Gasteiger partial charge in [-0.15, -0.1) is 0 Å². The fraction of sp³-hybridized carbons (Fsp3) is 0.214. The van der Waals surface area contributed by atoms with Gasteiger partial charge in [-0.25, -0.2) is 8.42 Å². The lowest BCUT2D eigenvalue weighted by Crippen LogP contribution is -2.27. The molecule has 1 aromatic carbocycles. The molecule has 2 aromatic rings. The number of nitrogens with one attached hydrogen (secondary N) is 1. The zero-order valence-corrected chi connectivity index (χ0v) is 12.3. The topological polar surface area (TPSA) is 62.3 Å². The van der Waals surface area contributed by atoms with E-state index in [4.69, 9.17) is 0 Å². The van der Waals surface area contributed by atoms with E-state index in [1.54, 1.807) is 56.7 Å². The molecule has 5 nitrogen and oxygen atoms in total. The molecule has 0 radical (unpaired) electrons. The minimum Gasteiger partial charge on any atom is -0.387 e. The molecule has 20 heavy (non-hydrogen) atoms. The van der Waals surface area contributed by atoms with Crippen LogP contribution >= 0.6 is 0 Å². The van der Waals surface area contributed by atoms with Gasteiger partial charge in [-0.05, 0) is 24.3 Å². The monoisotopic (exact) mass is 291 g/mol. The Kier molecular flexibility index (Phi) is 4.36. The minimum absolute atomic E-state index is 0.237. The molecule has 0 atom stereocenters. The normalized spacial score (nSPS) is 11.6. The SMILES string of the molecule is CNc1ccccc1S(=O)(=O)N(C)Cc1ccccn1. The lowest BCUT2D eigenvalue weighted by molar-refractivity contribution is 0.462. The Labute approximate surface area is 119 Å². The first kappa shape index (κ1) is 14.5. The molecule has 0 bridgehead atoms. The number of hydrogen-bond donors (Lipinski definition) is 1. The molecule has 1 aromatic heterocycles. The van der Waals surface area contributed by atoms with Crippen LogP contribution < -0.4 is 5.32 Å². The van der Waals surface area contributed by atoms with Crippen LogP contribution in [-0.2, 0) is 16.6 Å². The van der Waals surface area contributed by atoms with Crippen molar-refractivity contribution in [2.24, 2.45) is 0 Å². The number of aromatic nitrogens is 1. The van der Waals surface area contributed by atoms with E-state index in [1.165, 1.54) is 4.31 Å². The van der Waals surface area contributed by atoms with Crippen LogP contribution in [0.1, 0.15) is 5.69 Å². The van der Waals surface area contributed by atoms with Crippen molar-refractivity contribution in [3.63, 3.8) is 0 Å². The number of sulfonamides is 1. The van der Waals surface area contributed by atoms with E-state index in [-0.39, 0.29) is 11.4 Å². The Morgan fingerprint density at radius 3 is 2.50 bits per heavy atom. The van der Waals surface area contributed by atoms with Crippen LogP contribution in [0.25, 0.3) is 0 Å². The van der Waals surface area contributed by atoms with Gasteiger partial charge in [0.15, 0.2) is 0 Å². The van der Waals surface area contributed by atoms with Gasteiger partial charge in [0.05, 0.1) is 17.9 Å². The number of para-hydroxylation sites is 1. The lowest BCUT2D eigenvalue weighted by atomic mass is 10.3. The summed E-state index contributed by atoms with van der Waals surface area (Å²) in [4.78, 5) is 4.41. The largest absolute Gasteiger partial charge is 0.387 e. The van der Waals surface area contributed by atoms with Gasteiger partial charge in [0.2, 0.25) is 10.0 Å². The summed E-state index contributed by atoms with van der Waals surface area (Å²) in [5.41, 5.74) is 1.29. The van der Waals surface area contributed by atoms with Crippen molar-refractivity contribution >= 4 is 15.7 Å². The van der Waals surface area contributed by atoms with Crippen molar-refractivity contribution in [3.05, 3.63) is 54.4 Å². The molecule has 0 spiro atoms. The van der Waals surface area contributed by atoms with Gasteiger partial charge in [0.25, 0.3) is 0 Å². The summed E-state index contributed by atoms with van der Waals surface area (Å²) in [5.74, 6) is 0. The van der Waals surface area contributed by atoms with E-state index in [0.717, 1.165) is 0 Å². The standard InChI is InChI=1S/C14H17N3O2S/c1-15-13-8-3-4-9-14(13)20(18,19)17(2)11-12-7-5-6-10-16-12/h3-10,15H,11H2,1-2H3. The molecule has 106 valence electrons. The Morgan fingerprint density at radius 2 is 1.85 bits per heavy atom. The van der Waals surface area contributed by atoms with Crippen LogP contribution in [0, 0.1) is 0 Å². The second-order valence-electron chi connectivity index (χ2n) is 4.33. The fourth-order valence-electron chi connectivity index (χ4n) is 1.87. The van der Waals surface area contributed by atoms with Crippen molar-refractivity contribution in [1.29, 1.82) is 0 Å². The van der Waals surface area contributed by atoms with Gasteiger partial charge in [0.1, 0.15) is 4.90 Å². The van der Waals surface area contributed by atoms with Crippen molar-refractivity contribution in [2.75, 3.05) is 19.4 Å². The van der Waals surface area contributed by atoms with E-state index in [9.17, 15) is 8.42 Å². The smallest absolute Gasteiger partial charge is 0.245 e. The molecule has 0 saturated heterocycles. The van der Waals surface area contributed by atoms with Gasteiger partial charge in [-0.2, -0.15) is 4.31 Å². The number of nitrogens with zero attached hydrogens (tertiary/aromatic N) is 2. The molecule has 2 rings (SSSR count). The highest BCUT2D eigenvalue weighted by Crippen LogP contribution is 2.23. The van der Waals surface area contributed by atoms with Crippen molar-refractivity contribution in [3.8, 4) is 0 Å². The summed E-state index contributed by atoms with van der Waals surface area (Å²) in [6.45, 7) is 0.237. The highest BCUT2D eigenvalue weighted by atomic mass is 32.2. The first-order chi connectivity index (χ1) is 9.55. The number of rotatable bonds is 5. The van der Waals surface area contributed by atoms with Crippen LogP contribution in [0.15, 0.2) is 53.6 Å². The van der Waals surface area contributed by atoms with Crippen LogP contribution in [-0.4, -0.2) is 31.8 Å². The summed E-state index contributed by atoms with van der Waals surface area (Å²) in [7, 11) is -0.296. The van der Waals surface area contributed by atoms with Gasteiger partial charge in [-0.3, -0.25) is 4.98 Å². The first-order valence-corrected chi connectivity index (χ1v) is 7.62. The Hall–Kier alpha value is -1.92. The van der Waals surface area contributed by atoms with Crippen molar-refractivity contribution in [2.45, 2.75) is 11.4 Å². The molecule has 1 heterocycles. The van der Waals surface area contributed by atoms with E-state index in [2.05, 4.69) is 10.3 Å². The van der Waals surface area contributed by atoms with E-state index < -0.39 is 10.0 Å². The van der Waals surface area contributed by atoms with Gasteiger partial charge in [-0.1, -0.05) is 18.2 Å². The summed E-state index contributed by atoms with van der Waals surface area (Å²) in [6, 6.07) is 12.3. The molecule has 0 amide bonds. The Bertz CT molecular complexity index is 672. The third-order valence-electron chi connectivity index (χ3n) is 2.96. The van der Waals surface area contributed by atoms with Crippen LogP contribution in [0.4, 0.5) is 5.69 Å². The number of anilines is 1. The van der Waals surface area contributed by atoms with E-state index in [0.29, 0.717) is 11.4 Å². The average Bonchev–Trinajstić information content (AvgIpc) is 2.48. The predicted molar refractivity (Wildman–Crippen MR) is 78.9 cm³/mol. The van der Waals surface area contributed by atoms with E-state index >= 15 is 0 Å². The van der Waals surface area contributed by atoms with Crippen LogP contribution in [0.3, 0.4) is 0 Å². The fourth-order valence-corrected chi connectivity index (χ4v) is 3.21. The molecule has 6 heteroatoms. The van der Waals surface area contributed by atoms with Gasteiger partial charge >= 0.3 is 0 Å². The maximum atomic E-state index is 12.6. The number of benzene rings is 1. The molecule has 0 aliphatic carbocycles. The number of hydrogen-bond acceptors (Lipinski definition) is 4. The second-order valence-corrected chi connectivity index (χ2v) is 6.34. The molecular weight excluding hydrogens is 274 g/mol. The minimum atomic E-state index is -3.55. The maximum absolute atomic E-state index is 12.6. The zero-order valence-electron chi connectivity index (χ0n) is 11.4. The highest BCUT2D eigenvalue weighted by Gasteiger charge is 2.23. The molecule has 0 saturated carbocycles. The summed E-state index contributed by atoms with van der Waals surface area (Å²) in [6.07, 6.45) is 1.65. The second kappa shape index (κ2) is 6.02. The maximum Gasteiger partial charge on any atom is 0.245 e. The first-order valence-electron chi connectivity index (χ1n) is 6.18. The van der Waals surface area contributed by atoms with Crippen molar-refractivity contribution < 1.29 is 8.42 Å². The number of pyridine rings is 1. The molecule has 0 fully saturated rings. The lowest BCUT2D eigenvalue weighted by Gasteiger charge is -2.18. The molecule has 0 aliphatic heterocycles. The highest BCUT2D eigenvalue weighted by molar-refractivity contribution is 7.89. The average molecular weight is 291 g/mol. The van der Waals surface area contributed by atoms with Crippen LogP contribution in [0.2, 0.25) is 0 Å². The molecule has 0 aliphatic rings. The van der Waals surface area contributed by atoms with Gasteiger partial charge in [0, 0.05) is 20.3 Å². The van der Waals surface area contributed by atoms with E-state index in [1.807, 2.05) is 6.07 Å². The molecule has 0 unspecified atom stereocenters. The summed E-state index contributed by atoms with van der Waals surface area (Å²) >= 11 is 0. The molecule has 1 N–H and O–H groups in total. The van der Waals surface area contributed by atoms with Gasteiger partial charge < -0.3 is 5.32 Å². The summed E-state index contributed by atoms with van der Waals surface area (Å²) in [5, 5.41) is 2.90. The quantitative estimate of drug-likeness (QED) is 0.914. The van der Waals surface area contributed by atoms with Crippen molar-refractivity contribution in [1.82, 2.24) is 9.29 Å². The Balaban J connectivity index is 2.30. The predicted octanol–water partition coefficient (Wildman–Crippen LogP) is 1.94. The summed E-state index contributed by atoms with van der Waals surface area (Å²) < 4.78 is 26.4. The zero-order chi connectivity index (χ0) is 14.6. The molecular formula is C14H17N3O2S. The third-order valence-corrected chi connectivity index (χ3v) is 4.82. The van der Waals surface area contributed by atoms with Crippen LogP contribution in [0.5, 0.6) is 0 Å². The Morgan fingerprint density at radius 1 is 1.15 bits per heavy atom.